The molecule has 2 rings (SSSR count). The molecule has 5 heteroatoms. The first-order valence-corrected chi connectivity index (χ1v) is 5.43. The third-order valence-electron chi connectivity index (χ3n) is 3.03. The number of anilines is 1. The zero-order valence-corrected chi connectivity index (χ0v) is 9.23. The molecule has 0 spiro atoms. The average Bonchev–Trinajstić information content (AvgIpc) is 2.65. The minimum Gasteiger partial charge on any atom is -0.476 e. The SMILES string of the molecule is CC1(Nc2nccnc2C(=O)O)CCCC1. The standard InChI is InChI=1S/C11H15N3O2/c1-11(4-2-3-5-11)14-9-8(10(15)16)12-6-7-13-9/h6-7H,2-5H2,1H3,(H,13,14)(H,15,16). The Morgan fingerprint density at radius 1 is 1.38 bits per heavy atom. The molecular formula is C11H15N3O2. The molecule has 0 atom stereocenters. The highest BCUT2D eigenvalue weighted by molar-refractivity contribution is 5.90. The Hall–Kier alpha value is -1.65. The zero-order chi connectivity index (χ0) is 11.6. The van der Waals surface area contributed by atoms with Crippen molar-refractivity contribution in [1.82, 2.24) is 9.97 Å². The van der Waals surface area contributed by atoms with E-state index in [2.05, 4.69) is 22.2 Å². The maximum atomic E-state index is 11.0. The summed E-state index contributed by atoms with van der Waals surface area (Å²) < 4.78 is 0. The summed E-state index contributed by atoms with van der Waals surface area (Å²) in [5.41, 5.74) is -0.0455. The predicted molar refractivity (Wildman–Crippen MR) is 59.5 cm³/mol. The van der Waals surface area contributed by atoms with E-state index in [4.69, 9.17) is 5.11 Å². The van der Waals surface area contributed by atoms with Crippen LogP contribution in [0.4, 0.5) is 5.82 Å². The summed E-state index contributed by atoms with van der Waals surface area (Å²) in [7, 11) is 0. The number of aromatic nitrogens is 2. The summed E-state index contributed by atoms with van der Waals surface area (Å²) in [6.07, 6.45) is 7.34. The lowest BCUT2D eigenvalue weighted by atomic mass is 10.0. The van der Waals surface area contributed by atoms with E-state index in [1.807, 2.05) is 0 Å². The molecule has 1 aliphatic rings. The average molecular weight is 221 g/mol. The number of hydrogen-bond donors (Lipinski definition) is 2. The topological polar surface area (TPSA) is 75.1 Å². The molecule has 0 aromatic carbocycles. The van der Waals surface area contributed by atoms with Gasteiger partial charge in [-0.15, -0.1) is 0 Å². The van der Waals surface area contributed by atoms with Crippen LogP contribution in [-0.2, 0) is 0 Å². The van der Waals surface area contributed by atoms with Gasteiger partial charge >= 0.3 is 5.97 Å². The van der Waals surface area contributed by atoms with Crippen LogP contribution >= 0.6 is 0 Å². The van der Waals surface area contributed by atoms with Gasteiger partial charge in [0.1, 0.15) is 0 Å². The Morgan fingerprint density at radius 3 is 2.62 bits per heavy atom. The number of nitrogens with zero attached hydrogens (tertiary/aromatic N) is 2. The van der Waals surface area contributed by atoms with Crippen LogP contribution in [0.1, 0.15) is 43.1 Å². The monoisotopic (exact) mass is 221 g/mol. The Labute approximate surface area is 93.9 Å². The molecule has 0 unspecified atom stereocenters. The molecule has 5 nitrogen and oxygen atoms in total. The van der Waals surface area contributed by atoms with Crippen molar-refractivity contribution in [2.24, 2.45) is 0 Å². The smallest absolute Gasteiger partial charge is 0.358 e. The van der Waals surface area contributed by atoms with Gasteiger partial charge in [-0.2, -0.15) is 0 Å². The van der Waals surface area contributed by atoms with Crippen LogP contribution in [0, 0.1) is 0 Å². The second kappa shape index (κ2) is 4.08. The molecule has 1 aliphatic carbocycles. The maximum Gasteiger partial charge on any atom is 0.358 e. The molecule has 1 aromatic rings. The van der Waals surface area contributed by atoms with E-state index in [0.717, 1.165) is 12.8 Å². The molecule has 16 heavy (non-hydrogen) atoms. The first kappa shape index (κ1) is 10.9. The number of carbonyl (C=O) groups is 1. The van der Waals surface area contributed by atoms with E-state index >= 15 is 0 Å². The van der Waals surface area contributed by atoms with Crippen molar-refractivity contribution in [3.63, 3.8) is 0 Å². The number of carboxylic acid groups (broad SMARTS) is 1. The van der Waals surface area contributed by atoms with Crippen LogP contribution < -0.4 is 5.32 Å². The fourth-order valence-corrected chi connectivity index (χ4v) is 2.15. The van der Waals surface area contributed by atoms with Gasteiger partial charge in [0, 0.05) is 17.9 Å². The van der Waals surface area contributed by atoms with E-state index in [0.29, 0.717) is 5.82 Å². The fraction of sp³-hybridized carbons (Fsp3) is 0.545. The lowest BCUT2D eigenvalue weighted by Gasteiger charge is -2.26. The van der Waals surface area contributed by atoms with Gasteiger partial charge in [-0.05, 0) is 19.8 Å². The van der Waals surface area contributed by atoms with E-state index in [1.54, 1.807) is 0 Å². The number of hydrogen-bond acceptors (Lipinski definition) is 4. The Bertz CT molecular complexity index is 400. The number of aromatic carboxylic acids is 1. The van der Waals surface area contributed by atoms with Crippen molar-refractivity contribution in [2.75, 3.05) is 5.32 Å². The third kappa shape index (κ3) is 2.13. The van der Waals surface area contributed by atoms with Crippen molar-refractivity contribution in [1.29, 1.82) is 0 Å². The Kier molecular flexibility index (Phi) is 2.77. The van der Waals surface area contributed by atoms with Crippen molar-refractivity contribution in [3.8, 4) is 0 Å². The zero-order valence-electron chi connectivity index (χ0n) is 9.23. The van der Waals surface area contributed by atoms with Gasteiger partial charge in [0.25, 0.3) is 0 Å². The molecule has 0 radical (unpaired) electrons. The molecule has 0 bridgehead atoms. The van der Waals surface area contributed by atoms with Crippen molar-refractivity contribution in [3.05, 3.63) is 18.1 Å². The van der Waals surface area contributed by atoms with E-state index < -0.39 is 5.97 Å². The highest BCUT2D eigenvalue weighted by atomic mass is 16.4. The van der Waals surface area contributed by atoms with Crippen LogP contribution in [-0.4, -0.2) is 26.6 Å². The summed E-state index contributed by atoms with van der Waals surface area (Å²) in [6, 6.07) is 0. The van der Waals surface area contributed by atoms with Gasteiger partial charge in [-0.3, -0.25) is 0 Å². The lowest BCUT2D eigenvalue weighted by molar-refractivity contribution is 0.0691. The van der Waals surface area contributed by atoms with E-state index in [-0.39, 0.29) is 11.2 Å². The molecular weight excluding hydrogens is 206 g/mol. The molecule has 0 amide bonds. The van der Waals surface area contributed by atoms with Crippen molar-refractivity contribution >= 4 is 11.8 Å². The first-order chi connectivity index (χ1) is 7.61. The van der Waals surface area contributed by atoms with Gasteiger partial charge in [-0.1, -0.05) is 12.8 Å². The number of carboxylic acids is 1. The van der Waals surface area contributed by atoms with Crippen LogP contribution in [0.2, 0.25) is 0 Å². The van der Waals surface area contributed by atoms with Gasteiger partial charge in [0.05, 0.1) is 0 Å². The normalized spacial score (nSPS) is 18.3. The van der Waals surface area contributed by atoms with Gasteiger partial charge in [0.2, 0.25) is 0 Å². The van der Waals surface area contributed by atoms with Crippen LogP contribution in [0.5, 0.6) is 0 Å². The maximum absolute atomic E-state index is 11.0. The molecule has 2 N–H and O–H groups in total. The molecule has 1 saturated carbocycles. The van der Waals surface area contributed by atoms with Crippen LogP contribution in [0.15, 0.2) is 12.4 Å². The number of nitrogens with one attached hydrogen (secondary N) is 1. The molecule has 86 valence electrons. The summed E-state index contributed by atoms with van der Waals surface area (Å²) in [6.45, 7) is 2.10. The predicted octanol–water partition coefficient (Wildman–Crippen LogP) is 1.92. The van der Waals surface area contributed by atoms with E-state index in [9.17, 15) is 4.79 Å². The van der Waals surface area contributed by atoms with Crippen molar-refractivity contribution < 1.29 is 9.90 Å². The minimum atomic E-state index is -1.04. The molecule has 1 aromatic heterocycles. The summed E-state index contributed by atoms with van der Waals surface area (Å²) in [5.74, 6) is -0.670. The minimum absolute atomic E-state index is 0.00405. The summed E-state index contributed by atoms with van der Waals surface area (Å²) in [4.78, 5) is 18.8. The van der Waals surface area contributed by atoms with Gasteiger partial charge < -0.3 is 10.4 Å². The largest absolute Gasteiger partial charge is 0.476 e. The molecule has 0 saturated heterocycles. The highest BCUT2D eigenvalue weighted by Gasteiger charge is 2.30. The first-order valence-electron chi connectivity index (χ1n) is 5.43. The highest BCUT2D eigenvalue weighted by Crippen LogP contribution is 2.32. The quantitative estimate of drug-likeness (QED) is 0.815. The van der Waals surface area contributed by atoms with Gasteiger partial charge in [-0.25, -0.2) is 14.8 Å². The van der Waals surface area contributed by atoms with Crippen LogP contribution in [0.3, 0.4) is 0 Å². The van der Waals surface area contributed by atoms with E-state index in [1.165, 1.54) is 25.2 Å². The molecule has 0 aliphatic heterocycles. The number of rotatable bonds is 3. The van der Waals surface area contributed by atoms with Crippen molar-refractivity contribution in [2.45, 2.75) is 38.1 Å². The van der Waals surface area contributed by atoms with Crippen LogP contribution in [0.25, 0.3) is 0 Å². The fourth-order valence-electron chi connectivity index (χ4n) is 2.15. The second-order valence-electron chi connectivity index (χ2n) is 4.45. The summed E-state index contributed by atoms with van der Waals surface area (Å²) in [5, 5.41) is 12.2. The Morgan fingerprint density at radius 2 is 2.00 bits per heavy atom. The summed E-state index contributed by atoms with van der Waals surface area (Å²) >= 11 is 0. The third-order valence-corrected chi connectivity index (χ3v) is 3.03. The van der Waals surface area contributed by atoms with Gasteiger partial charge in [0.15, 0.2) is 11.5 Å². The second-order valence-corrected chi connectivity index (χ2v) is 4.45. The molecule has 1 heterocycles. The Balaban J connectivity index is 2.23. The lowest BCUT2D eigenvalue weighted by Crippen LogP contribution is -2.32. The molecule has 1 fully saturated rings.